The zero-order chi connectivity index (χ0) is 4.41. The summed E-state index contributed by atoms with van der Waals surface area (Å²) in [6.07, 6.45) is 4.21. The second-order valence-corrected chi connectivity index (χ2v) is 0.987. The van der Waals surface area contributed by atoms with Gasteiger partial charge >= 0.3 is 0 Å². The number of hydrogen-bond acceptors (Lipinski definition) is 2. The SMILES string of the molecule is Cn1[c]cnn1. The summed E-state index contributed by atoms with van der Waals surface area (Å²) >= 11 is 0. The molecule has 1 heterocycles. The van der Waals surface area contributed by atoms with E-state index in [1.165, 1.54) is 10.9 Å². The van der Waals surface area contributed by atoms with Crippen LogP contribution >= 0.6 is 0 Å². The van der Waals surface area contributed by atoms with Gasteiger partial charge in [0.25, 0.3) is 0 Å². The molecule has 1 radical (unpaired) electrons. The second-order valence-electron chi connectivity index (χ2n) is 0.987. The average Bonchev–Trinajstić information content (AvgIpc) is 1.86. The van der Waals surface area contributed by atoms with Crippen LogP contribution in [0.25, 0.3) is 0 Å². The molecule has 0 atom stereocenters. The summed E-state index contributed by atoms with van der Waals surface area (Å²) < 4.78 is 1.51. The van der Waals surface area contributed by atoms with E-state index < -0.39 is 0 Å². The van der Waals surface area contributed by atoms with Crippen LogP contribution in [0, 0.1) is 6.20 Å². The molecule has 0 fully saturated rings. The molecule has 0 spiro atoms. The Balaban J connectivity index is 3.05. The van der Waals surface area contributed by atoms with Gasteiger partial charge in [0.05, 0.1) is 6.20 Å². The Morgan fingerprint density at radius 2 is 2.67 bits per heavy atom. The molecular weight excluding hydrogens is 78.1 g/mol. The summed E-state index contributed by atoms with van der Waals surface area (Å²) in [5.41, 5.74) is 0. The molecule has 1 aromatic heterocycles. The summed E-state index contributed by atoms with van der Waals surface area (Å²) in [6.45, 7) is 0. The van der Waals surface area contributed by atoms with E-state index in [1.807, 2.05) is 0 Å². The van der Waals surface area contributed by atoms with Crippen LogP contribution in [-0.4, -0.2) is 15.0 Å². The highest BCUT2D eigenvalue weighted by molar-refractivity contribution is 4.55. The highest BCUT2D eigenvalue weighted by Crippen LogP contribution is 1.64. The van der Waals surface area contributed by atoms with Crippen molar-refractivity contribution >= 4 is 0 Å². The second kappa shape index (κ2) is 1.08. The van der Waals surface area contributed by atoms with Crippen LogP contribution in [0.1, 0.15) is 0 Å². The predicted molar refractivity (Wildman–Crippen MR) is 19.8 cm³/mol. The first-order valence-electron chi connectivity index (χ1n) is 1.62. The van der Waals surface area contributed by atoms with Gasteiger partial charge in [0.2, 0.25) is 0 Å². The van der Waals surface area contributed by atoms with Crippen molar-refractivity contribution in [3.05, 3.63) is 12.4 Å². The molecule has 0 aromatic carbocycles. The third-order valence-corrected chi connectivity index (χ3v) is 0.488. The molecule has 0 saturated heterocycles. The number of aryl methyl sites for hydroxylation is 1. The number of nitrogens with zero attached hydrogens (tertiary/aromatic N) is 3. The van der Waals surface area contributed by atoms with Gasteiger partial charge in [0.1, 0.15) is 6.20 Å². The standard InChI is InChI=1S/C3H4N3/c1-6-3-2-4-5-6/h2H,1H3. The Bertz CT molecular complexity index is 110. The van der Waals surface area contributed by atoms with Gasteiger partial charge in [0.15, 0.2) is 0 Å². The van der Waals surface area contributed by atoms with Crippen molar-refractivity contribution in [2.24, 2.45) is 7.05 Å². The summed E-state index contributed by atoms with van der Waals surface area (Å²) in [5, 5.41) is 7.01. The molecule has 0 unspecified atom stereocenters. The van der Waals surface area contributed by atoms with E-state index in [0.717, 1.165) is 0 Å². The van der Waals surface area contributed by atoms with Gasteiger partial charge in [-0.25, -0.2) is 4.68 Å². The molecule has 6 heavy (non-hydrogen) atoms. The van der Waals surface area contributed by atoms with Crippen LogP contribution < -0.4 is 0 Å². The Kier molecular flexibility index (Phi) is 0.602. The summed E-state index contributed by atoms with van der Waals surface area (Å²) in [7, 11) is 1.77. The van der Waals surface area contributed by atoms with Crippen LogP contribution in [0.3, 0.4) is 0 Å². The lowest BCUT2D eigenvalue weighted by atomic mass is 10.9. The average molecular weight is 82.1 g/mol. The lowest BCUT2D eigenvalue weighted by Gasteiger charge is -1.72. The van der Waals surface area contributed by atoms with Gasteiger partial charge in [-0.2, -0.15) is 0 Å². The maximum atomic E-state index is 3.53. The van der Waals surface area contributed by atoms with Gasteiger partial charge in [-0.05, 0) is 0 Å². The zero-order valence-corrected chi connectivity index (χ0v) is 3.42. The van der Waals surface area contributed by atoms with Gasteiger partial charge in [-0.15, -0.1) is 5.10 Å². The summed E-state index contributed by atoms with van der Waals surface area (Å²) in [5.74, 6) is 0. The topological polar surface area (TPSA) is 30.7 Å². The van der Waals surface area contributed by atoms with Crippen molar-refractivity contribution in [1.29, 1.82) is 0 Å². The first-order chi connectivity index (χ1) is 2.89. The molecule has 0 aliphatic rings. The highest BCUT2D eigenvalue weighted by atomic mass is 15.4. The fraction of sp³-hybridized carbons (Fsp3) is 0.333. The van der Waals surface area contributed by atoms with Crippen LogP contribution in [0.4, 0.5) is 0 Å². The van der Waals surface area contributed by atoms with E-state index >= 15 is 0 Å². The number of aromatic nitrogens is 3. The van der Waals surface area contributed by atoms with Crippen LogP contribution in [0.15, 0.2) is 6.20 Å². The van der Waals surface area contributed by atoms with Crippen LogP contribution in [0.5, 0.6) is 0 Å². The van der Waals surface area contributed by atoms with Crippen molar-refractivity contribution in [3.63, 3.8) is 0 Å². The minimum Gasteiger partial charge on any atom is -0.246 e. The number of hydrogen-bond donors (Lipinski definition) is 0. The van der Waals surface area contributed by atoms with Gasteiger partial charge in [0, 0.05) is 7.05 Å². The lowest BCUT2D eigenvalue weighted by Crippen LogP contribution is -1.86. The van der Waals surface area contributed by atoms with Crippen LogP contribution in [0.2, 0.25) is 0 Å². The monoisotopic (exact) mass is 82.0 g/mol. The summed E-state index contributed by atoms with van der Waals surface area (Å²) in [4.78, 5) is 0. The van der Waals surface area contributed by atoms with E-state index in [1.54, 1.807) is 7.05 Å². The first kappa shape index (κ1) is 3.33. The molecule has 0 bridgehead atoms. The minimum atomic E-state index is 1.51. The van der Waals surface area contributed by atoms with Crippen LogP contribution in [-0.2, 0) is 7.05 Å². The summed E-state index contributed by atoms with van der Waals surface area (Å²) in [6, 6.07) is 0. The van der Waals surface area contributed by atoms with E-state index in [9.17, 15) is 0 Å². The Hall–Kier alpha value is -0.860. The van der Waals surface area contributed by atoms with Crippen molar-refractivity contribution in [3.8, 4) is 0 Å². The third-order valence-electron chi connectivity index (χ3n) is 0.488. The van der Waals surface area contributed by atoms with E-state index in [-0.39, 0.29) is 0 Å². The fourth-order valence-corrected chi connectivity index (χ4v) is 0.238. The van der Waals surface area contributed by atoms with Crippen molar-refractivity contribution in [2.75, 3.05) is 0 Å². The van der Waals surface area contributed by atoms with Crippen molar-refractivity contribution in [1.82, 2.24) is 15.0 Å². The molecule has 3 nitrogen and oxygen atoms in total. The Morgan fingerprint density at radius 3 is 2.83 bits per heavy atom. The van der Waals surface area contributed by atoms with Gasteiger partial charge < -0.3 is 0 Å². The smallest absolute Gasteiger partial charge is 0.108 e. The lowest BCUT2D eigenvalue weighted by molar-refractivity contribution is 0.710. The maximum Gasteiger partial charge on any atom is 0.108 e. The Morgan fingerprint density at radius 1 is 1.83 bits per heavy atom. The largest absolute Gasteiger partial charge is 0.246 e. The third kappa shape index (κ3) is 0.381. The van der Waals surface area contributed by atoms with Gasteiger partial charge in [-0.1, -0.05) is 5.21 Å². The normalized spacial score (nSPS) is 8.83. The van der Waals surface area contributed by atoms with E-state index in [2.05, 4.69) is 16.5 Å². The quantitative estimate of drug-likeness (QED) is 0.427. The first-order valence-corrected chi connectivity index (χ1v) is 1.62. The van der Waals surface area contributed by atoms with Gasteiger partial charge in [-0.3, -0.25) is 0 Å². The van der Waals surface area contributed by atoms with E-state index in [4.69, 9.17) is 0 Å². The molecule has 0 aliphatic carbocycles. The van der Waals surface area contributed by atoms with Crippen molar-refractivity contribution in [2.45, 2.75) is 0 Å². The highest BCUT2D eigenvalue weighted by Gasteiger charge is 1.72. The number of rotatable bonds is 0. The Labute approximate surface area is 35.6 Å². The molecule has 1 aromatic rings. The molecule has 0 aliphatic heterocycles. The maximum absolute atomic E-state index is 3.53. The molecule has 3 heteroatoms. The molecule has 0 N–H and O–H groups in total. The molecule has 31 valence electrons. The molecular formula is C3H4N3. The predicted octanol–water partition coefficient (Wildman–Crippen LogP) is -0.385. The molecule has 1 rings (SSSR count). The van der Waals surface area contributed by atoms with Crippen molar-refractivity contribution < 1.29 is 0 Å². The molecule has 0 amide bonds. The fourth-order valence-electron chi connectivity index (χ4n) is 0.238. The van der Waals surface area contributed by atoms with E-state index in [0.29, 0.717) is 0 Å². The molecule has 0 saturated carbocycles. The zero-order valence-electron chi connectivity index (χ0n) is 3.42. The minimum absolute atomic E-state index is 1.51.